The molecule has 9 nitrogen and oxygen atoms in total. The molecule has 0 aliphatic heterocycles. The van der Waals surface area contributed by atoms with E-state index in [0.29, 0.717) is 5.75 Å². The molecule has 0 aliphatic carbocycles. The van der Waals surface area contributed by atoms with Gasteiger partial charge in [-0.1, -0.05) is 48.0 Å². The molecule has 1 atom stereocenters. The van der Waals surface area contributed by atoms with Crippen molar-refractivity contribution in [3.05, 3.63) is 83.9 Å². The van der Waals surface area contributed by atoms with Crippen molar-refractivity contribution in [2.75, 3.05) is 32.1 Å². The van der Waals surface area contributed by atoms with Crippen molar-refractivity contribution in [3.8, 4) is 11.5 Å². The molecule has 1 N–H and O–H groups in total. The minimum atomic E-state index is -4.22. The minimum Gasteiger partial charge on any atom is -0.497 e. The summed E-state index contributed by atoms with van der Waals surface area (Å²) in [7, 11) is 0.140. The second-order valence-corrected chi connectivity index (χ2v) is 10.5. The fourth-order valence-electron chi connectivity index (χ4n) is 4.02. The number of carbonyl (C=O) groups excluding carboxylic acids is 2. The summed E-state index contributed by atoms with van der Waals surface area (Å²) in [6.45, 7) is 3.08. The quantitative estimate of drug-likeness (QED) is 0.401. The van der Waals surface area contributed by atoms with Crippen LogP contribution in [-0.4, -0.2) is 59.0 Å². The fourth-order valence-corrected chi connectivity index (χ4v) is 5.46. The van der Waals surface area contributed by atoms with E-state index in [1.807, 2.05) is 31.2 Å². The first-order valence-corrected chi connectivity index (χ1v) is 13.4. The number of nitrogens with one attached hydrogen (secondary N) is 1. The second kappa shape index (κ2) is 12.5. The Bertz CT molecular complexity index is 1380. The van der Waals surface area contributed by atoms with E-state index in [1.54, 1.807) is 37.3 Å². The molecule has 3 aromatic rings. The Hall–Kier alpha value is -4.05. The number of amides is 2. The van der Waals surface area contributed by atoms with Gasteiger partial charge in [0.15, 0.2) is 0 Å². The number of hydrogen-bond acceptors (Lipinski definition) is 6. The molecule has 1 unspecified atom stereocenters. The highest BCUT2D eigenvalue weighted by atomic mass is 32.2. The van der Waals surface area contributed by atoms with Crippen LogP contribution in [0.2, 0.25) is 0 Å². The number of ether oxygens (including phenoxy) is 2. The third-order valence-corrected chi connectivity index (χ3v) is 7.89. The maximum absolute atomic E-state index is 13.9. The number of likely N-dealkylation sites (N-methyl/N-ethyl adjacent to an activating group) is 1. The molecule has 0 aliphatic rings. The largest absolute Gasteiger partial charge is 0.497 e. The van der Waals surface area contributed by atoms with E-state index in [9.17, 15) is 18.0 Å². The topological polar surface area (TPSA) is 105 Å². The van der Waals surface area contributed by atoms with Gasteiger partial charge in [-0.2, -0.15) is 0 Å². The Morgan fingerprint density at radius 3 is 2.26 bits per heavy atom. The molecule has 38 heavy (non-hydrogen) atoms. The van der Waals surface area contributed by atoms with Crippen molar-refractivity contribution < 1.29 is 27.5 Å². The number of sulfonamides is 1. The predicted octanol–water partition coefficient (Wildman–Crippen LogP) is 3.37. The van der Waals surface area contributed by atoms with Crippen LogP contribution in [0.15, 0.2) is 77.7 Å². The average molecular weight is 540 g/mol. The Morgan fingerprint density at radius 1 is 0.947 bits per heavy atom. The van der Waals surface area contributed by atoms with Crippen LogP contribution >= 0.6 is 0 Å². The third-order valence-electron chi connectivity index (χ3n) is 6.11. The van der Waals surface area contributed by atoms with E-state index in [-0.39, 0.29) is 28.8 Å². The zero-order valence-electron chi connectivity index (χ0n) is 22.2. The standard InChI is InChI=1S/C28H33N3O6S/c1-20-10-9-11-22(16-20)18-30(21(2)28(33)29-3)27(32)19-31(38(34,35)24-12-7-6-8-13-24)25-17-23(36-4)14-15-26(25)37-5/h6-17,21H,18-19H2,1-5H3,(H,29,33). The van der Waals surface area contributed by atoms with E-state index in [2.05, 4.69) is 5.32 Å². The van der Waals surface area contributed by atoms with Gasteiger partial charge in [-0.05, 0) is 43.7 Å². The molecule has 3 rings (SSSR count). The highest BCUT2D eigenvalue weighted by Crippen LogP contribution is 2.36. The summed E-state index contributed by atoms with van der Waals surface area (Å²) < 4.78 is 39.6. The first-order chi connectivity index (χ1) is 18.1. The summed E-state index contributed by atoms with van der Waals surface area (Å²) in [4.78, 5) is 27.8. The molecular formula is C28H33N3O6S. The number of aryl methyl sites for hydroxylation is 1. The number of nitrogens with zero attached hydrogens (tertiary/aromatic N) is 2. The second-order valence-electron chi connectivity index (χ2n) is 8.66. The fraction of sp³-hybridized carbons (Fsp3) is 0.286. The highest BCUT2D eigenvalue weighted by molar-refractivity contribution is 7.92. The first-order valence-electron chi connectivity index (χ1n) is 12.0. The van der Waals surface area contributed by atoms with Crippen molar-refractivity contribution in [2.45, 2.75) is 31.3 Å². The molecule has 202 valence electrons. The summed E-state index contributed by atoms with van der Waals surface area (Å²) >= 11 is 0. The van der Waals surface area contributed by atoms with Gasteiger partial charge in [0.25, 0.3) is 10.0 Å². The van der Waals surface area contributed by atoms with Crippen molar-refractivity contribution in [1.82, 2.24) is 10.2 Å². The zero-order valence-corrected chi connectivity index (χ0v) is 23.0. The Morgan fingerprint density at radius 2 is 1.66 bits per heavy atom. The minimum absolute atomic E-state index is 0.00209. The Balaban J connectivity index is 2.11. The van der Waals surface area contributed by atoms with Crippen LogP contribution in [0.1, 0.15) is 18.1 Å². The van der Waals surface area contributed by atoms with Gasteiger partial charge < -0.3 is 19.7 Å². The van der Waals surface area contributed by atoms with E-state index < -0.39 is 28.5 Å². The van der Waals surface area contributed by atoms with Crippen LogP contribution in [0.25, 0.3) is 0 Å². The molecule has 0 spiro atoms. The number of carbonyl (C=O) groups is 2. The average Bonchev–Trinajstić information content (AvgIpc) is 2.93. The Kier molecular flexibility index (Phi) is 9.35. The van der Waals surface area contributed by atoms with Gasteiger partial charge >= 0.3 is 0 Å². The lowest BCUT2D eigenvalue weighted by Crippen LogP contribution is -2.50. The van der Waals surface area contributed by atoms with E-state index in [1.165, 1.54) is 44.4 Å². The monoisotopic (exact) mass is 539 g/mol. The molecule has 10 heteroatoms. The summed E-state index contributed by atoms with van der Waals surface area (Å²) in [5.41, 5.74) is 1.94. The van der Waals surface area contributed by atoms with Gasteiger partial charge in [-0.25, -0.2) is 8.42 Å². The summed E-state index contributed by atoms with van der Waals surface area (Å²) in [6, 6.07) is 19.2. The van der Waals surface area contributed by atoms with Gasteiger partial charge in [-0.15, -0.1) is 0 Å². The Labute approximate surface area is 224 Å². The number of anilines is 1. The maximum Gasteiger partial charge on any atom is 0.264 e. The summed E-state index contributed by atoms with van der Waals surface area (Å²) in [5, 5.41) is 2.57. The van der Waals surface area contributed by atoms with Crippen molar-refractivity contribution in [1.29, 1.82) is 0 Å². The molecule has 3 aromatic carbocycles. The maximum atomic E-state index is 13.9. The third kappa shape index (κ3) is 6.44. The number of rotatable bonds is 11. The molecule has 0 saturated carbocycles. The normalized spacial score (nSPS) is 11.8. The molecule has 0 heterocycles. The molecule has 0 aromatic heterocycles. The van der Waals surface area contributed by atoms with Crippen molar-refractivity contribution in [3.63, 3.8) is 0 Å². The zero-order chi connectivity index (χ0) is 27.9. The molecule has 0 bridgehead atoms. The smallest absolute Gasteiger partial charge is 0.264 e. The number of benzene rings is 3. The lowest BCUT2D eigenvalue weighted by molar-refractivity contribution is -0.139. The van der Waals surface area contributed by atoms with Crippen LogP contribution in [-0.2, 0) is 26.2 Å². The predicted molar refractivity (Wildman–Crippen MR) is 146 cm³/mol. The van der Waals surface area contributed by atoms with Gasteiger partial charge in [0, 0.05) is 19.7 Å². The van der Waals surface area contributed by atoms with Crippen molar-refractivity contribution >= 4 is 27.5 Å². The molecule has 0 saturated heterocycles. The molecule has 0 fully saturated rings. The summed E-state index contributed by atoms with van der Waals surface area (Å²) in [6.07, 6.45) is 0. The summed E-state index contributed by atoms with van der Waals surface area (Å²) in [5.74, 6) is -0.311. The van der Waals surface area contributed by atoms with Crippen LogP contribution < -0.4 is 19.1 Å². The van der Waals surface area contributed by atoms with Gasteiger partial charge in [0.1, 0.15) is 24.1 Å². The van der Waals surface area contributed by atoms with Gasteiger partial charge in [0.2, 0.25) is 11.8 Å². The molecule has 2 amide bonds. The number of methoxy groups -OCH3 is 2. The van der Waals surface area contributed by atoms with Crippen LogP contribution in [0.3, 0.4) is 0 Å². The van der Waals surface area contributed by atoms with Crippen molar-refractivity contribution in [2.24, 2.45) is 0 Å². The highest BCUT2D eigenvalue weighted by Gasteiger charge is 2.33. The van der Waals surface area contributed by atoms with E-state index in [4.69, 9.17) is 9.47 Å². The first kappa shape index (κ1) is 28.5. The van der Waals surface area contributed by atoms with Crippen LogP contribution in [0, 0.1) is 6.92 Å². The lowest BCUT2D eigenvalue weighted by atomic mass is 10.1. The number of hydrogen-bond donors (Lipinski definition) is 1. The van der Waals surface area contributed by atoms with Gasteiger partial charge in [0.05, 0.1) is 24.8 Å². The molecular weight excluding hydrogens is 506 g/mol. The van der Waals surface area contributed by atoms with Crippen LogP contribution in [0.5, 0.6) is 11.5 Å². The SMILES string of the molecule is CNC(=O)C(C)N(Cc1cccc(C)c1)C(=O)CN(c1cc(OC)ccc1OC)S(=O)(=O)c1ccccc1. The molecule has 0 radical (unpaired) electrons. The van der Waals surface area contributed by atoms with E-state index in [0.717, 1.165) is 15.4 Å². The van der Waals surface area contributed by atoms with E-state index >= 15 is 0 Å². The van der Waals surface area contributed by atoms with Gasteiger partial charge in [-0.3, -0.25) is 13.9 Å². The lowest BCUT2D eigenvalue weighted by Gasteiger charge is -2.32. The van der Waals surface area contributed by atoms with Crippen LogP contribution in [0.4, 0.5) is 5.69 Å².